The highest BCUT2D eigenvalue weighted by atomic mass is 32.2. The van der Waals surface area contributed by atoms with Crippen LogP contribution in [0.15, 0.2) is 88.8 Å². The highest BCUT2D eigenvalue weighted by Gasteiger charge is 2.32. The minimum absolute atomic E-state index is 0.0421. The molecular weight excluding hydrogens is 378 g/mol. The topological polar surface area (TPSA) is 93.4 Å². The molecule has 4 rings (SSSR count). The van der Waals surface area contributed by atoms with Crippen molar-refractivity contribution in [3.8, 4) is 0 Å². The predicted molar refractivity (Wildman–Crippen MR) is 102 cm³/mol. The third-order valence-corrected chi connectivity index (χ3v) is 5.96. The molecule has 4 aromatic rings. The largest absolute Gasteiger partial charge is 0.467 e. The number of rotatable bonds is 5. The highest BCUT2D eigenvalue weighted by molar-refractivity contribution is 7.89. The molecule has 0 spiro atoms. The van der Waals surface area contributed by atoms with E-state index in [1.807, 2.05) is 0 Å². The Kier molecular flexibility index (Phi) is 4.62. The number of hydrogen-bond donors (Lipinski definition) is 0. The Morgan fingerprint density at radius 3 is 2.50 bits per heavy atom. The second kappa shape index (κ2) is 7.24. The van der Waals surface area contributed by atoms with E-state index in [0.717, 1.165) is 4.31 Å². The lowest BCUT2D eigenvalue weighted by molar-refractivity contribution is 0.0848. The van der Waals surface area contributed by atoms with Gasteiger partial charge in [-0.05, 0) is 36.4 Å². The van der Waals surface area contributed by atoms with E-state index < -0.39 is 15.9 Å². The lowest BCUT2D eigenvalue weighted by Crippen LogP contribution is -2.36. The lowest BCUT2D eigenvalue weighted by atomic mass is 10.2. The van der Waals surface area contributed by atoms with Crippen LogP contribution in [-0.2, 0) is 16.6 Å². The van der Waals surface area contributed by atoms with Crippen LogP contribution in [0.2, 0.25) is 0 Å². The molecule has 0 bridgehead atoms. The van der Waals surface area contributed by atoms with Crippen LogP contribution < -0.4 is 0 Å². The molecule has 0 aliphatic carbocycles. The third-order valence-electron chi connectivity index (χ3n) is 4.20. The van der Waals surface area contributed by atoms with Crippen molar-refractivity contribution in [2.24, 2.45) is 0 Å². The van der Waals surface area contributed by atoms with Crippen LogP contribution in [0.1, 0.15) is 16.1 Å². The Morgan fingerprint density at radius 1 is 0.964 bits per heavy atom. The zero-order chi connectivity index (χ0) is 19.6. The van der Waals surface area contributed by atoms with Gasteiger partial charge in [0.2, 0.25) is 0 Å². The van der Waals surface area contributed by atoms with Gasteiger partial charge in [0.05, 0.1) is 18.3 Å². The minimum atomic E-state index is -4.21. The number of pyridine rings is 2. The fourth-order valence-corrected chi connectivity index (χ4v) is 4.38. The number of sulfonamides is 1. The number of fused-ring (bicyclic) bond motifs is 1. The van der Waals surface area contributed by atoms with Gasteiger partial charge in [-0.1, -0.05) is 18.2 Å². The predicted octanol–water partition coefficient (Wildman–Crippen LogP) is 3.25. The van der Waals surface area contributed by atoms with Crippen LogP contribution in [0.4, 0.5) is 0 Å². The van der Waals surface area contributed by atoms with Gasteiger partial charge < -0.3 is 4.42 Å². The highest BCUT2D eigenvalue weighted by Crippen LogP contribution is 2.26. The van der Waals surface area contributed by atoms with Crippen LogP contribution in [0.3, 0.4) is 0 Å². The van der Waals surface area contributed by atoms with Gasteiger partial charge >= 0.3 is 0 Å². The number of furan rings is 1. The third kappa shape index (κ3) is 3.25. The Bertz CT molecular complexity index is 1220. The quantitative estimate of drug-likeness (QED) is 0.517. The molecule has 1 amide bonds. The first-order chi connectivity index (χ1) is 13.6. The molecule has 0 radical (unpaired) electrons. The number of aromatic nitrogens is 2. The molecule has 140 valence electrons. The molecule has 0 unspecified atom stereocenters. The Morgan fingerprint density at radius 2 is 1.75 bits per heavy atom. The first-order valence-corrected chi connectivity index (χ1v) is 9.84. The van der Waals surface area contributed by atoms with E-state index in [1.54, 1.807) is 36.4 Å². The normalized spacial score (nSPS) is 11.4. The van der Waals surface area contributed by atoms with Crippen molar-refractivity contribution in [1.82, 2.24) is 14.3 Å². The second-order valence-electron chi connectivity index (χ2n) is 5.96. The van der Waals surface area contributed by atoms with Crippen molar-refractivity contribution in [2.75, 3.05) is 0 Å². The zero-order valence-corrected chi connectivity index (χ0v) is 15.4. The molecule has 8 heteroatoms. The van der Waals surface area contributed by atoms with Gasteiger partial charge in [0.15, 0.2) is 0 Å². The Hall–Kier alpha value is -3.52. The molecule has 0 aliphatic rings. The van der Waals surface area contributed by atoms with Crippen LogP contribution in [-0.4, -0.2) is 28.6 Å². The van der Waals surface area contributed by atoms with Crippen LogP contribution in [0.5, 0.6) is 0 Å². The van der Waals surface area contributed by atoms with E-state index in [0.29, 0.717) is 16.7 Å². The van der Waals surface area contributed by atoms with Crippen molar-refractivity contribution < 1.29 is 17.6 Å². The maximum Gasteiger partial charge on any atom is 0.269 e. The molecule has 0 fully saturated rings. The molecule has 28 heavy (non-hydrogen) atoms. The molecule has 1 aromatic carbocycles. The van der Waals surface area contributed by atoms with E-state index in [2.05, 4.69) is 9.97 Å². The average molecular weight is 393 g/mol. The van der Waals surface area contributed by atoms with Crippen LogP contribution >= 0.6 is 0 Å². The van der Waals surface area contributed by atoms with E-state index in [-0.39, 0.29) is 17.0 Å². The van der Waals surface area contributed by atoms with E-state index in [4.69, 9.17) is 4.42 Å². The number of nitrogens with zero attached hydrogens (tertiary/aromatic N) is 3. The van der Waals surface area contributed by atoms with Crippen molar-refractivity contribution in [3.63, 3.8) is 0 Å². The minimum Gasteiger partial charge on any atom is -0.467 e. The van der Waals surface area contributed by atoms with Crippen molar-refractivity contribution in [3.05, 3.63) is 90.8 Å². The van der Waals surface area contributed by atoms with Gasteiger partial charge in [-0.2, -0.15) is 0 Å². The number of carbonyl (C=O) groups is 1. The van der Waals surface area contributed by atoms with Gasteiger partial charge in [0.25, 0.3) is 15.9 Å². The maximum atomic E-state index is 13.5. The summed E-state index contributed by atoms with van der Waals surface area (Å²) < 4.78 is 33.1. The molecule has 0 saturated heterocycles. The summed E-state index contributed by atoms with van der Waals surface area (Å²) in [6.45, 7) is -0.236. The summed E-state index contributed by atoms with van der Waals surface area (Å²) in [5.41, 5.74) is 0.510. The van der Waals surface area contributed by atoms with Gasteiger partial charge in [0, 0.05) is 29.5 Å². The Labute approximate surface area is 161 Å². The summed E-state index contributed by atoms with van der Waals surface area (Å²) in [5, 5.41) is 0.665. The average Bonchev–Trinajstić information content (AvgIpc) is 3.25. The summed E-state index contributed by atoms with van der Waals surface area (Å²) in [4.78, 5) is 21.1. The Balaban J connectivity index is 1.86. The lowest BCUT2D eigenvalue weighted by Gasteiger charge is -2.22. The summed E-state index contributed by atoms with van der Waals surface area (Å²) in [6.07, 6.45) is 5.81. The molecule has 0 aliphatic heterocycles. The van der Waals surface area contributed by atoms with Gasteiger partial charge in [0.1, 0.15) is 10.7 Å². The van der Waals surface area contributed by atoms with E-state index in [9.17, 15) is 13.2 Å². The SMILES string of the molecule is O=C(c1ccncc1)N(Cc1ccco1)S(=O)(=O)c1cccc2cccnc12. The van der Waals surface area contributed by atoms with Gasteiger partial charge in [-0.15, -0.1) is 0 Å². The fraction of sp³-hybridized carbons (Fsp3) is 0.0500. The molecule has 0 N–H and O–H groups in total. The molecular formula is C20H15N3O4S. The monoisotopic (exact) mass is 393 g/mol. The van der Waals surface area contributed by atoms with Crippen molar-refractivity contribution in [1.29, 1.82) is 0 Å². The second-order valence-corrected chi connectivity index (χ2v) is 7.79. The van der Waals surface area contributed by atoms with Crippen LogP contribution in [0, 0.1) is 0 Å². The maximum absolute atomic E-state index is 13.5. The van der Waals surface area contributed by atoms with Gasteiger partial charge in [-0.25, -0.2) is 12.7 Å². The molecule has 0 atom stereocenters. The standard InChI is InChI=1S/C20H15N3O4S/c24-20(16-8-11-21-12-9-16)23(14-17-6-3-13-27-17)28(25,26)18-7-1-4-15-5-2-10-22-19(15)18/h1-13H,14H2. The number of amides is 1. The summed E-state index contributed by atoms with van der Waals surface area (Å²) in [7, 11) is -4.21. The van der Waals surface area contributed by atoms with Crippen LogP contribution in [0.25, 0.3) is 10.9 Å². The first kappa shape index (κ1) is 17.9. The first-order valence-electron chi connectivity index (χ1n) is 8.40. The molecule has 0 saturated carbocycles. The number of para-hydroxylation sites is 1. The summed E-state index contributed by atoms with van der Waals surface area (Å²) in [5.74, 6) is -0.328. The number of benzene rings is 1. The molecule has 3 aromatic heterocycles. The summed E-state index contributed by atoms with van der Waals surface area (Å²) in [6, 6.07) is 14.5. The van der Waals surface area contributed by atoms with E-state index >= 15 is 0 Å². The number of carbonyl (C=O) groups excluding carboxylic acids is 1. The van der Waals surface area contributed by atoms with Crippen molar-refractivity contribution in [2.45, 2.75) is 11.4 Å². The van der Waals surface area contributed by atoms with Gasteiger partial charge in [-0.3, -0.25) is 14.8 Å². The number of hydrogen-bond acceptors (Lipinski definition) is 6. The smallest absolute Gasteiger partial charge is 0.269 e. The zero-order valence-electron chi connectivity index (χ0n) is 14.6. The molecule has 7 nitrogen and oxygen atoms in total. The van der Waals surface area contributed by atoms with E-state index in [1.165, 1.54) is 43.1 Å². The van der Waals surface area contributed by atoms with Crippen molar-refractivity contribution >= 4 is 26.8 Å². The molecule has 3 heterocycles. The summed E-state index contributed by atoms with van der Waals surface area (Å²) >= 11 is 0. The fourth-order valence-electron chi connectivity index (χ4n) is 2.85.